The van der Waals surface area contributed by atoms with E-state index < -0.39 is 5.91 Å². The number of para-hydroxylation sites is 2. The van der Waals surface area contributed by atoms with Crippen LogP contribution in [0.25, 0.3) is 0 Å². The molecule has 1 N–H and O–H groups in total. The lowest BCUT2D eigenvalue weighted by Crippen LogP contribution is -2.24. The van der Waals surface area contributed by atoms with Crippen molar-refractivity contribution in [2.24, 2.45) is 5.10 Å². The Hall–Kier alpha value is -3.42. The summed E-state index contributed by atoms with van der Waals surface area (Å²) < 4.78 is 26.4. The summed E-state index contributed by atoms with van der Waals surface area (Å²) in [6.07, 6.45) is 1.45. The Morgan fingerprint density at radius 1 is 0.889 bits per heavy atom. The third kappa shape index (κ3) is 5.27. The number of rotatable bonds is 9. The SMILES string of the molecule is COc1cc(OC)c(OC)cc1C=NNC(=O)COc1ccccc1OC. The van der Waals surface area contributed by atoms with Crippen molar-refractivity contribution in [3.8, 4) is 28.7 Å². The molecule has 0 spiro atoms. The molecule has 0 aliphatic rings. The molecule has 2 aromatic rings. The van der Waals surface area contributed by atoms with Gasteiger partial charge in [-0.15, -0.1) is 0 Å². The Labute approximate surface area is 157 Å². The van der Waals surface area contributed by atoms with Gasteiger partial charge in [0.1, 0.15) is 5.75 Å². The van der Waals surface area contributed by atoms with E-state index in [0.717, 1.165) is 0 Å². The summed E-state index contributed by atoms with van der Waals surface area (Å²) in [5.41, 5.74) is 3.01. The van der Waals surface area contributed by atoms with Gasteiger partial charge in [0.15, 0.2) is 29.6 Å². The van der Waals surface area contributed by atoms with Crippen LogP contribution in [-0.2, 0) is 4.79 Å². The standard InChI is InChI=1S/C19H22N2O6/c1-23-14-7-5-6-8-15(14)27-12-19(22)21-20-11-13-9-17(25-3)18(26-4)10-16(13)24-2/h5-11H,12H2,1-4H3,(H,21,22). The van der Waals surface area contributed by atoms with Crippen molar-refractivity contribution in [3.05, 3.63) is 42.0 Å². The Morgan fingerprint density at radius 3 is 2.11 bits per heavy atom. The molecule has 0 heterocycles. The number of ether oxygens (including phenoxy) is 5. The molecular formula is C19H22N2O6. The highest BCUT2D eigenvalue weighted by atomic mass is 16.5. The number of benzene rings is 2. The summed E-state index contributed by atoms with van der Waals surface area (Å²) >= 11 is 0. The van der Waals surface area contributed by atoms with E-state index in [1.807, 2.05) is 6.07 Å². The van der Waals surface area contributed by atoms with Crippen molar-refractivity contribution in [2.75, 3.05) is 35.0 Å². The molecule has 0 atom stereocenters. The predicted octanol–water partition coefficient (Wildman–Crippen LogP) is 2.25. The van der Waals surface area contributed by atoms with Crippen LogP contribution in [0.1, 0.15) is 5.56 Å². The van der Waals surface area contributed by atoms with Gasteiger partial charge in [-0.05, 0) is 18.2 Å². The fourth-order valence-electron chi connectivity index (χ4n) is 2.24. The largest absolute Gasteiger partial charge is 0.496 e. The van der Waals surface area contributed by atoms with Gasteiger partial charge in [0, 0.05) is 11.6 Å². The van der Waals surface area contributed by atoms with Crippen LogP contribution < -0.4 is 29.1 Å². The molecule has 0 aliphatic heterocycles. The second-order valence-corrected chi connectivity index (χ2v) is 5.18. The molecule has 0 bridgehead atoms. The molecule has 2 aromatic carbocycles. The van der Waals surface area contributed by atoms with E-state index in [2.05, 4.69) is 10.5 Å². The van der Waals surface area contributed by atoms with E-state index in [4.69, 9.17) is 23.7 Å². The molecule has 0 saturated carbocycles. The summed E-state index contributed by atoms with van der Waals surface area (Å²) in [5, 5.41) is 3.92. The molecule has 0 aliphatic carbocycles. The highest BCUT2D eigenvalue weighted by molar-refractivity contribution is 5.86. The van der Waals surface area contributed by atoms with E-state index in [1.165, 1.54) is 34.7 Å². The van der Waals surface area contributed by atoms with Gasteiger partial charge < -0.3 is 23.7 Å². The van der Waals surface area contributed by atoms with Crippen LogP contribution >= 0.6 is 0 Å². The van der Waals surface area contributed by atoms with Gasteiger partial charge in [-0.2, -0.15) is 5.10 Å². The number of hydrogen-bond donors (Lipinski definition) is 1. The van der Waals surface area contributed by atoms with E-state index in [9.17, 15) is 4.79 Å². The van der Waals surface area contributed by atoms with Crippen LogP contribution in [0.4, 0.5) is 0 Å². The molecule has 0 radical (unpaired) electrons. The topological polar surface area (TPSA) is 87.6 Å². The summed E-state index contributed by atoms with van der Waals surface area (Å²) in [7, 11) is 6.12. The van der Waals surface area contributed by atoms with Gasteiger partial charge in [-0.25, -0.2) is 5.43 Å². The first kappa shape index (κ1) is 19.9. The summed E-state index contributed by atoms with van der Waals surface area (Å²) in [4.78, 5) is 11.9. The van der Waals surface area contributed by atoms with Crippen molar-refractivity contribution in [1.82, 2.24) is 5.43 Å². The van der Waals surface area contributed by atoms with Gasteiger partial charge in [0.25, 0.3) is 5.91 Å². The Balaban J connectivity index is 1.99. The van der Waals surface area contributed by atoms with Crippen LogP contribution in [0, 0.1) is 0 Å². The number of nitrogens with zero attached hydrogens (tertiary/aromatic N) is 1. The number of nitrogens with one attached hydrogen (secondary N) is 1. The molecule has 1 amide bonds. The van der Waals surface area contributed by atoms with E-state index in [-0.39, 0.29) is 6.61 Å². The smallest absolute Gasteiger partial charge is 0.277 e. The normalized spacial score (nSPS) is 10.4. The molecule has 27 heavy (non-hydrogen) atoms. The average Bonchev–Trinajstić information content (AvgIpc) is 2.71. The van der Waals surface area contributed by atoms with Gasteiger partial charge in [0.2, 0.25) is 0 Å². The van der Waals surface area contributed by atoms with E-state index in [1.54, 1.807) is 30.3 Å². The lowest BCUT2D eigenvalue weighted by molar-refractivity contribution is -0.123. The zero-order valence-corrected chi connectivity index (χ0v) is 15.6. The van der Waals surface area contributed by atoms with Crippen molar-refractivity contribution < 1.29 is 28.5 Å². The molecule has 144 valence electrons. The van der Waals surface area contributed by atoms with Crippen LogP contribution in [0.15, 0.2) is 41.5 Å². The molecule has 8 heteroatoms. The predicted molar refractivity (Wildman–Crippen MR) is 100 cm³/mol. The molecule has 0 saturated heterocycles. The van der Waals surface area contributed by atoms with Gasteiger partial charge in [0.05, 0.1) is 34.7 Å². The monoisotopic (exact) mass is 374 g/mol. The minimum absolute atomic E-state index is 0.208. The number of carbonyl (C=O) groups is 1. The maximum atomic E-state index is 11.9. The van der Waals surface area contributed by atoms with Gasteiger partial charge >= 0.3 is 0 Å². The number of hydrazone groups is 1. The second-order valence-electron chi connectivity index (χ2n) is 5.18. The first-order chi connectivity index (χ1) is 13.1. The van der Waals surface area contributed by atoms with Crippen molar-refractivity contribution in [2.45, 2.75) is 0 Å². The fourth-order valence-corrected chi connectivity index (χ4v) is 2.24. The second kappa shape index (κ2) is 9.91. The lowest BCUT2D eigenvalue weighted by atomic mass is 10.2. The molecular weight excluding hydrogens is 352 g/mol. The van der Waals surface area contributed by atoms with Crippen molar-refractivity contribution >= 4 is 12.1 Å². The maximum Gasteiger partial charge on any atom is 0.277 e. The van der Waals surface area contributed by atoms with Crippen LogP contribution in [0.2, 0.25) is 0 Å². The van der Waals surface area contributed by atoms with Gasteiger partial charge in [-0.1, -0.05) is 12.1 Å². The fraction of sp³-hybridized carbons (Fsp3) is 0.263. The zero-order chi connectivity index (χ0) is 19.6. The molecule has 8 nitrogen and oxygen atoms in total. The van der Waals surface area contributed by atoms with E-state index >= 15 is 0 Å². The zero-order valence-electron chi connectivity index (χ0n) is 15.6. The van der Waals surface area contributed by atoms with Gasteiger partial charge in [-0.3, -0.25) is 4.79 Å². The molecule has 0 fully saturated rings. The minimum Gasteiger partial charge on any atom is -0.496 e. The maximum absolute atomic E-state index is 11.9. The van der Waals surface area contributed by atoms with Crippen LogP contribution in [-0.4, -0.2) is 47.2 Å². The highest BCUT2D eigenvalue weighted by Crippen LogP contribution is 2.33. The Bertz CT molecular complexity index is 807. The number of carbonyl (C=O) groups excluding carboxylic acids is 1. The average molecular weight is 374 g/mol. The van der Waals surface area contributed by atoms with Crippen molar-refractivity contribution in [1.29, 1.82) is 0 Å². The van der Waals surface area contributed by atoms with Crippen molar-refractivity contribution in [3.63, 3.8) is 0 Å². The first-order valence-electron chi connectivity index (χ1n) is 8.00. The number of methoxy groups -OCH3 is 4. The van der Waals surface area contributed by atoms with E-state index in [0.29, 0.717) is 34.3 Å². The van der Waals surface area contributed by atoms with Crippen LogP contribution in [0.3, 0.4) is 0 Å². The molecule has 2 rings (SSSR count). The number of hydrogen-bond acceptors (Lipinski definition) is 7. The molecule has 0 unspecified atom stereocenters. The summed E-state index contributed by atoms with van der Waals surface area (Å²) in [6.45, 7) is -0.208. The summed E-state index contributed by atoms with van der Waals surface area (Å²) in [6, 6.07) is 10.4. The van der Waals surface area contributed by atoms with Crippen LogP contribution in [0.5, 0.6) is 28.7 Å². The first-order valence-corrected chi connectivity index (χ1v) is 8.00. The quantitative estimate of drug-likeness (QED) is 0.535. The Kier molecular flexibility index (Phi) is 7.30. The third-order valence-corrected chi connectivity index (χ3v) is 3.56. The number of amides is 1. The molecule has 0 aromatic heterocycles. The Morgan fingerprint density at radius 2 is 1.48 bits per heavy atom. The minimum atomic E-state index is -0.420. The summed E-state index contributed by atoms with van der Waals surface area (Å²) in [5.74, 6) is 2.17. The highest BCUT2D eigenvalue weighted by Gasteiger charge is 2.11. The third-order valence-electron chi connectivity index (χ3n) is 3.56. The lowest BCUT2D eigenvalue weighted by Gasteiger charge is -2.12.